The van der Waals surface area contributed by atoms with E-state index >= 15 is 0 Å². The highest BCUT2D eigenvalue weighted by Crippen LogP contribution is 2.13. The monoisotopic (exact) mass is 262 g/mol. The van der Waals surface area contributed by atoms with Crippen LogP contribution >= 0.6 is 0 Å². The first-order chi connectivity index (χ1) is 9.19. The summed E-state index contributed by atoms with van der Waals surface area (Å²) >= 11 is 0. The van der Waals surface area contributed by atoms with Crippen molar-refractivity contribution in [3.63, 3.8) is 0 Å². The number of nitrogens with one attached hydrogen (secondary N) is 1. The molecule has 0 saturated carbocycles. The van der Waals surface area contributed by atoms with Gasteiger partial charge in [0, 0.05) is 18.7 Å². The van der Waals surface area contributed by atoms with Gasteiger partial charge in [-0.2, -0.15) is 0 Å². The second-order valence-corrected chi connectivity index (χ2v) is 4.57. The summed E-state index contributed by atoms with van der Waals surface area (Å²) in [4.78, 5) is 25.5. The summed E-state index contributed by atoms with van der Waals surface area (Å²) in [6.07, 6.45) is 0.872. The highest BCUT2D eigenvalue weighted by molar-refractivity contribution is 5.98. The van der Waals surface area contributed by atoms with Gasteiger partial charge in [-0.1, -0.05) is 12.1 Å². The van der Waals surface area contributed by atoms with Crippen LogP contribution < -0.4 is 10.1 Å². The molecule has 0 radical (unpaired) electrons. The summed E-state index contributed by atoms with van der Waals surface area (Å²) < 4.78 is 5.10. The van der Waals surface area contributed by atoms with Gasteiger partial charge in [0.05, 0.1) is 20.2 Å². The first kappa shape index (κ1) is 13.5. The average molecular weight is 262 g/mol. The number of hydrogen-bond acceptors (Lipinski definition) is 4. The number of nitrogens with zero attached hydrogens (tertiary/aromatic N) is 1. The molecule has 19 heavy (non-hydrogen) atoms. The number of carbonyl (C=O) groups is 2. The maximum absolute atomic E-state index is 12.2. The van der Waals surface area contributed by atoms with E-state index in [0.717, 1.165) is 13.0 Å². The number of amides is 1. The Kier molecular flexibility index (Phi) is 4.52. The Balaban J connectivity index is 2.01. The van der Waals surface area contributed by atoms with Crippen molar-refractivity contribution < 1.29 is 14.3 Å². The Morgan fingerprint density at radius 1 is 1.47 bits per heavy atom. The molecular formula is C14H18N2O3. The molecule has 5 nitrogen and oxygen atoms in total. The standard InChI is InChI=1S/C14H18N2O3/c1-19-12-5-2-4-11(8-12)13(17)9-16-7-3-6-15-14(18)10-16/h2,4-5,8H,3,6-7,9-10H2,1H3,(H,15,18). The molecule has 1 fully saturated rings. The van der Waals surface area contributed by atoms with Gasteiger partial charge in [-0.05, 0) is 18.6 Å². The molecule has 0 bridgehead atoms. The number of rotatable bonds is 4. The normalized spacial score (nSPS) is 16.6. The molecule has 1 N–H and O–H groups in total. The van der Waals surface area contributed by atoms with E-state index < -0.39 is 0 Å². The number of carbonyl (C=O) groups excluding carboxylic acids is 2. The summed E-state index contributed by atoms with van der Waals surface area (Å²) in [6.45, 7) is 1.99. The van der Waals surface area contributed by atoms with Crippen molar-refractivity contribution in [2.75, 3.05) is 33.3 Å². The van der Waals surface area contributed by atoms with E-state index in [1.54, 1.807) is 31.4 Å². The van der Waals surface area contributed by atoms with Gasteiger partial charge in [0.15, 0.2) is 5.78 Å². The molecule has 1 aromatic carbocycles. The van der Waals surface area contributed by atoms with Crippen molar-refractivity contribution >= 4 is 11.7 Å². The Labute approximate surface area is 112 Å². The first-order valence-electron chi connectivity index (χ1n) is 6.35. The summed E-state index contributed by atoms with van der Waals surface area (Å²) in [5.41, 5.74) is 0.615. The molecule has 5 heteroatoms. The molecule has 1 aromatic rings. The fourth-order valence-corrected chi connectivity index (χ4v) is 2.09. The number of hydrogen-bond donors (Lipinski definition) is 1. The molecule has 1 aliphatic rings. The van der Waals surface area contributed by atoms with E-state index in [9.17, 15) is 9.59 Å². The van der Waals surface area contributed by atoms with Crippen LogP contribution in [0.1, 0.15) is 16.8 Å². The van der Waals surface area contributed by atoms with Crippen LogP contribution in [0.15, 0.2) is 24.3 Å². The maximum atomic E-state index is 12.2. The summed E-state index contributed by atoms with van der Waals surface area (Å²) in [7, 11) is 1.57. The van der Waals surface area contributed by atoms with Gasteiger partial charge < -0.3 is 10.1 Å². The molecule has 0 aromatic heterocycles. The average Bonchev–Trinajstić information content (AvgIpc) is 2.63. The molecule has 102 valence electrons. The van der Waals surface area contributed by atoms with E-state index in [0.29, 0.717) is 17.9 Å². The Bertz CT molecular complexity index is 474. The van der Waals surface area contributed by atoms with Gasteiger partial charge in [-0.3, -0.25) is 14.5 Å². The van der Waals surface area contributed by atoms with E-state index in [1.807, 2.05) is 4.90 Å². The quantitative estimate of drug-likeness (QED) is 0.812. The zero-order chi connectivity index (χ0) is 13.7. The lowest BCUT2D eigenvalue weighted by Gasteiger charge is -2.17. The number of Topliss-reactive ketones (excluding diaryl/α,β-unsaturated/α-hetero) is 1. The third kappa shape index (κ3) is 3.79. The minimum atomic E-state index is -0.0176. The maximum Gasteiger partial charge on any atom is 0.234 e. The van der Waals surface area contributed by atoms with Crippen molar-refractivity contribution in [1.29, 1.82) is 0 Å². The minimum Gasteiger partial charge on any atom is -0.497 e. The zero-order valence-electron chi connectivity index (χ0n) is 11.0. The van der Waals surface area contributed by atoms with Crippen LogP contribution in [-0.4, -0.2) is 49.9 Å². The van der Waals surface area contributed by atoms with Crippen molar-refractivity contribution in [2.24, 2.45) is 0 Å². The fourth-order valence-electron chi connectivity index (χ4n) is 2.09. The van der Waals surface area contributed by atoms with E-state index in [-0.39, 0.29) is 24.8 Å². The molecule has 1 saturated heterocycles. The Morgan fingerprint density at radius 2 is 2.32 bits per heavy atom. The molecule has 1 amide bonds. The first-order valence-corrected chi connectivity index (χ1v) is 6.35. The highest BCUT2D eigenvalue weighted by atomic mass is 16.5. The second-order valence-electron chi connectivity index (χ2n) is 4.57. The highest BCUT2D eigenvalue weighted by Gasteiger charge is 2.18. The van der Waals surface area contributed by atoms with Gasteiger partial charge in [-0.25, -0.2) is 0 Å². The van der Waals surface area contributed by atoms with Crippen molar-refractivity contribution in [1.82, 2.24) is 10.2 Å². The van der Waals surface area contributed by atoms with Gasteiger partial charge in [0.1, 0.15) is 5.75 Å². The SMILES string of the molecule is COc1cccc(C(=O)CN2CCCNC(=O)C2)c1. The van der Waals surface area contributed by atoms with Crippen LogP contribution in [0.25, 0.3) is 0 Å². The number of methoxy groups -OCH3 is 1. The number of benzene rings is 1. The van der Waals surface area contributed by atoms with Crippen molar-refractivity contribution in [3.05, 3.63) is 29.8 Å². The van der Waals surface area contributed by atoms with Gasteiger partial charge in [0.2, 0.25) is 5.91 Å². The molecular weight excluding hydrogens is 244 g/mol. The molecule has 2 rings (SSSR count). The minimum absolute atomic E-state index is 0.00796. The summed E-state index contributed by atoms with van der Waals surface area (Å²) in [6, 6.07) is 7.08. The number of ketones is 1. The third-order valence-electron chi connectivity index (χ3n) is 3.10. The lowest BCUT2D eigenvalue weighted by Crippen LogP contribution is -2.36. The van der Waals surface area contributed by atoms with E-state index in [2.05, 4.69) is 5.32 Å². The van der Waals surface area contributed by atoms with Crippen LogP contribution in [0, 0.1) is 0 Å². The number of ether oxygens (including phenoxy) is 1. The van der Waals surface area contributed by atoms with E-state index in [4.69, 9.17) is 4.74 Å². The van der Waals surface area contributed by atoms with Crippen LogP contribution in [0.3, 0.4) is 0 Å². The summed E-state index contributed by atoms with van der Waals surface area (Å²) in [5, 5.41) is 2.79. The lowest BCUT2D eigenvalue weighted by atomic mass is 10.1. The largest absolute Gasteiger partial charge is 0.497 e. The predicted octanol–water partition coefficient (Wildman–Crippen LogP) is 0.700. The zero-order valence-corrected chi connectivity index (χ0v) is 11.0. The smallest absolute Gasteiger partial charge is 0.234 e. The lowest BCUT2D eigenvalue weighted by molar-refractivity contribution is -0.121. The molecule has 0 atom stereocenters. The van der Waals surface area contributed by atoms with Gasteiger partial charge in [0.25, 0.3) is 0 Å². The van der Waals surface area contributed by atoms with Crippen LogP contribution in [0.4, 0.5) is 0 Å². The fraction of sp³-hybridized carbons (Fsp3) is 0.429. The van der Waals surface area contributed by atoms with Crippen molar-refractivity contribution in [2.45, 2.75) is 6.42 Å². The third-order valence-corrected chi connectivity index (χ3v) is 3.10. The van der Waals surface area contributed by atoms with Gasteiger partial charge in [-0.15, -0.1) is 0 Å². The predicted molar refractivity (Wildman–Crippen MR) is 71.4 cm³/mol. The molecule has 0 unspecified atom stereocenters. The molecule has 0 aliphatic carbocycles. The Hall–Kier alpha value is -1.88. The molecule has 1 heterocycles. The molecule has 1 aliphatic heterocycles. The van der Waals surface area contributed by atoms with E-state index in [1.165, 1.54) is 0 Å². The van der Waals surface area contributed by atoms with Crippen LogP contribution in [0.5, 0.6) is 5.75 Å². The topological polar surface area (TPSA) is 58.6 Å². The van der Waals surface area contributed by atoms with Crippen LogP contribution in [0.2, 0.25) is 0 Å². The summed E-state index contributed by atoms with van der Waals surface area (Å²) in [5.74, 6) is 0.656. The second kappa shape index (κ2) is 6.33. The Morgan fingerprint density at radius 3 is 3.11 bits per heavy atom. The molecule has 0 spiro atoms. The van der Waals surface area contributed by atoms with Gasteiger partial charge >= 0.3 is 0 Å². The van der Waals surface area contributed by atoms with Crippen LogP contribution in [-0.2, 0) is 4.79 Å². The van der Waals surface area contributed by atoms with Crippen molar-refractivity contribution in [3.8, 4) is 5.75 Å².